The first-order valence-electron chi connectivity index (χ1n) is 13.4. The van der Waals surface area contributed by atoms with Gasteiger partial charge in [-0.05, 0) is 65.6 Å². The van der Waals surface area contributed by atoms with Crippen LogP contribution in [0.2, 0.25) is 0 Å². The Hall–Kier alpha value is -4.46. The number of aromatic nitrogens is 1. The molecule has 3 aromatic carbocycles. The average molecular weight is 536 g/mol. The quantitative estimate of drug-likeness (QED) is 0.191. The number of nitrogens with zero attached hydrogens (tertiary/aromatic N) is 1. The molecule has 0 saturated carbocycles. The van der Waals surface area contributed by atoms with Crippen LogP contribution in [-0.2, 0) is 42.2 Å². The van der Waals surface area contributed by atoms with Crippen LogP contribution in [0.25, 0.3) is 22.1 Å². The van der Waals surface area contributed by atoms with Gasteiger partial charge in [0.1, 0.15) is 23.7 Å². The number of carbonyl (C=O) groups is 1. The fraction of sp³-hybridized carbons (Fsp3) is 0.212. The minimum absolute atomic E-state index is 0.164. The molecule has 5 aromatic rings. The van der Waals surface area contributed by atoms with Crippen LogP contribution in [0.4, 0.5) is 0 Å². The second kappa shape index (κ2) is 13.1. The Bertz CT molecular complexity index is 1580. The lowest BCUT2D eigenvalue weighted by molar-refractivity contribution is -0.142. The summed E-state index contributed by atoms with van der Waals surface area (Å²) < 4.78 is 17.7. The fourth-order valence-corrected chi connectivity index (χ4v) is 4.67. The van der Waals surface area contributed by atoms with Crippen LogP contribution in [-0.4, -0.2) is 17.6 Å². The van der Waals surface area contributed by atoms with E-state index in [9.17, 15) is 4.79 Å². The van der Waals surface area contributed by atoms with Crippen molar-refractivity contribution in [2.45, 2.75) is 39.6 Å². The van der Waals surface area contributed by atoms with Gasteiger partial charge in [0, 0.05) is 42.0 Å². The summed E-state index contributed by atoms with van der Waals surface area (Å²) in [6, 6.07) is 26.0. The van der Waals surface area contributed by atoms with Gasteiger partial charge >= 0.3 is 5.97 Å². The van der Waals surface area contributed by atoms with E-state index >= 15 is 0 Å². The number of hydrogen-bond donors (Lipinski definition) is 2. The molecule has 3 N–H and O–H groups in total. The summed E-state index contributed by atoms with van der Waals surface area (Å²) in [6.07, 6.45) is 3.78. The number of nitrogens with two attached hydrogens (primary N) is 1. The van der Waals surface area contributed by atoms with E-state index in [4.69, 9.17) is 19.6 Å². The number of esters is 1. The van der Waals surface area contributed by atoms with E-state index in [1.807, 2.05) is 54.7 Å². The second-order valence-corrected chi connectivity index (χ2v) is 9.52. The third-order valence-electron chi connectivity index (χ3n) is 6.56. The maximum Gasteiger partial charge on any atom is 0.310 e. The molecule has 0 atom stereocenters. The Morgan fingerprint density at radius 1 is 0.950 bits per heavy atom. The van der Waals surface area contributed by atoms with Crippen LogP contribution in [0.3, 0.4) is 0 Å². The highest BCUT2D eigenvalue weighted by atomic mass is 16.5. The molecule has 0 radical (unpaired) electrons. The number of para-hydroxylation sites is 1. The number of carbonyl (C=O) groups excluding carboxylic acids is 1. The highest BCUT2D eigenvalue weighted by Crippen LogP contribution is 2.34. The first-order valence-corrected chi connectivity index (χ1v) is 13.4. The SMILES string of the molecule is CCOC(=O)Cc1ccccc1OCc1cc(-c2cccc(CN)c2)c2oc(CNCc3cccnc3)cc2c1. The summed E-state index contributed by atoms with van der Waals surface area (Å²) in [5.41, 5.74) is 12.7. The Labute approximate surface area is 233 Å². The van der Waals surface area contributed by atoms with Gasteiger partial charge in [-0.3, -0.25) is 9.78 Å². The third kappa shape index (κ3) is 6.75. The van der Waals surface area contributed by atoms with E-state index < -0.39 is 0 Å². The van der Waals surface area contributed by atoms with Crippen molar-refractivity contribution < 1.29 is 18.7 Å². The molecule has 0 amide bonds. The van der Waals surface area contributed by atoms with Crippen LogP contribution in [0.15, 0.2) is 95.7 Å². The van der Waals surface area contributed by atoms with Gasteiger partial charge in [0.25, 0.3) is 0 Å². The van der Waals surface area contributed by atoms with Crippen molar-refractivity contribution in [3.63, 3.8) is 0 Å². The summed E-state index contributed by atoms with van der Waals surface area (Å²) in [7, 11) is 0. The maximum atomic E-state index is 12.1. The van der Waals surface area contributed by atoms with E-state index in [1.165, 1.54) is 0 Å². The minimum atomic E-state index is -0.273. The number of benzene rings is 3. The molecule has 7 nitrogen and oxygen atoms in total. The smallest absolute Gasteiger partial charge is 0.310 e. The van der Waals surface area contributed by atoms with Crippen molar-refractivity contribution in [3.05, 3.63) is 119 Å². The lowest BCUT2D eigenvalue weighted by Crippen LogP contribution is -2.12. The van der Waals surface area contributed by atoms with Crippen molar-refractivity contribution in [1.29, 1.82) is 0 Å². The number of furan rings is 1. The van der Waals surface area contributed by atoms with Gasteiger partial charge in [-0.15, -0.1) is 0 Å². The molecule has 0 aliphatic carbocycles. The topological polar surface area (TPSA) is 99.6 Å². The molecule has 2 heterocycles. The van der Waals surface area contributed by atoms with E-state index in [0.717, 1.165) is 50.1 Å². The second-order valence-electron chi connectivity index (χ2n) is 9.52. The molecule has 0 spiro atoms. The van der Waals surface area contributed by atoms with Gasteiger partial charge in [0.2, 0.25) is 0 Å². The van der Waals surface area contributed by atoms with Crippen molar-refractivity contribution in [2.75, 3.05) is 6.61 Å². The first-order chi connectivity index (χ1) is 19.6. The van der Waals surface area contributed by atoms with Crippen molar-refractivity contribution >= 4 is 16.9 Å². The van der Waals surface area contributed by atoms with Crippen molar-refractivity contribution in [3.8, 4) is 16.9 Å². The van der Waals surface area contributed by atoms with Crippen LogP contribution in [0, 0.1) is 0 Å². The van der Waals surface area contributed by atoms with Crippen LogP contribution in [0.5, 0.6) is 5.75 Å². The summed E-state index contributed by atoms with van der Waals surface area (Å²) in [4.78, 5) is 16.3. The zero-order valence-corrected chi connectivity index (χ0v) is 22.6. The lowest BCUT2D eigenvalue weighted by Gasteiger charge is -2.13. The number of pyridine rings is 1. The van der Waals surface area contributed by atoms with Crippen LogP contribution in [0.1, 0.15) is 34.9 Å². The zero-order valence-electron chi connectivity index (χ0n) is 22.6. The normalized spacial score (nSPS) is 11.1. The van der Waals surface area contributed by atoms with E-state index in [-0.39, 0.29) is 12.4 Å². The summed E-state index contributed by atoms with van der Waals surface area (Å²) in [6.45, 7) is 4.22. The van der Waals surface area contributed by atoms with E-state index in [2.05, 4.69) is 40.6 Å². The molecule has 0 bridgehead atoms. The molecule has 204 valence electrons. The standard InChI is InChI=1S/C33H33N3O4/c1-2-38-32(37)17-27-9-3-4-11-31(27)39-22-25-14-28-16-29(21-36-20-24-8-6-12-35-19-24)40-33(28)30(15-25)26-10-5-7-23(13-26)18-34/h3-16,19,36H,2,17-18,20-22,34H2,1H3. The molecule has 0 aliphatic rings. The molecule has 5 rings (SSSR count). The molecule has 0 unspecified atom stereocenters. The van der Waals surface area contributed by atoms with E-state index in [0.29, 0.717) is 38.6 Å². The number of nitrogens with one attached hydrogen (secondary N) is 1. The highest BCUT2D eigenvalue weighted by molar-refractivity contribution is 5.93. The lowest BCUT2D eigenvalue weighted by atomic mass is 9.99. The Morgan fingerprint density at radius 3 is 2.65 bits per heavy atom. The molecule has 2 aromatic heterocycles. The highest BCUT2D eigenvalue weighted by Gasteiger charge is 2.15. The van der Waals surface area contributed by atoms with Gasteiger partial charge in [-0.25, -0.2) is 0 Å². The number of ether oxygens (including phenoxy) is 2. The molecule has 7 heteroatoms. The average Bonchev–Trinajstić information content (AvgIpc) is 3.40. The maximum absolute atomic E-state index is 12.1. The minimum Gasteiger partial charge on any atom is -0.489 e. The molecule has 0 aliphatic heterocycles. The van der Waals surface area contributed by atoms with Gasteiger partial charge in [-0.1, -0.05) is 42.5 Å². The summed E-state index contributed by atoms with van der Waals surface area (Å²) in [5.74, 6) is 1.23. The van der Waals surface area contributed by atoms with Gasteiger partial charge < -0.3 is 24.9 Å². The zero-order chi connectivity index (χ0) is 27.7. The Balaban J connectivity index is 1.42. The van der Waals surface area contributed by atoms with Gasteiger partial charge in [0.15, 0.2) is 0 Å². The number of rotatable bonds is 12. The largest absolute Gasteiger partial charge is 0.489 e. The van der Waals surface area contributed by atoms with Crippen molar-refractivity contribution in [2.24, 2.45) is 5.73 Å². The Kier molecular flexibility index (Phi) is 8.86. The van der Waals surface area contributed by atoms with Crippen molar-refractivity contribution in [1.82, 2.24) is 10.3 Å². The third-order valence-corrected chi connectivity index (χ3v) is 6.56. The monoisotopic (exact) mass is 535 g/mol. The summed E-state index contributed by atoms with van der Waals surface area (Å²) in [5, 5.41) is 4.43. The summed E-state index contributed by atoms with van der Waals surface area (Å²) >= 11 is 0. The molecular formula is C33H33N3O4. The van der Waals surface area contributed by atoms with Gasteiger partial charge in [0.05, 0.1) is 19.6 Å². The predicted octanol–water partition coefficient (Wildman–Crippen LogP) is 5.93. The van der Waals surface area contributed by atoms with Crippen LogP contribution < -0.4 is 15.8 Å². The molecular weight excluding hydrogens is 502 g/mol. The fourth-order valence-electron chi connectivity index (χ4n) is 4.67. The number of hydrogen-bond acceptors (Lipinski definition) is 7. The Morgan fingerprint density at radius 2 is 1.82 bits per heavy atom. The molecule has 40 heavy (non-hydrogen) atoms. The van der Waals surface area contributed by atoms with Crippen LogP contribution >= 0.6 is 0 Å². The number of fused-ring (bicyclic) bond motifs is 1. The van der Waals surface area contributed by atoms with Gasteiger partial charge in [-0.2, -0.15) is 0 Å². The van der Waals surface area contributed by atoms with E-state index in [1.54, 1.807) is 13.1 Å². The molecule has 0 fully saturated rings. The predicted molar refractivity (Wildman–Crippen MR) is 155 cm³/mol. The molecule has 0 saturated heterocycles. The first kappa shape index (κ1) is 27.1.